The highest BCUT2D eigenvalue weighted by atomic mass is 15.4. The second-order valence-electron chi connectivity index (χ2n) is 8.01. The van der Waals surface area contributed by atoms with Crippen molar-refractivity contribution in [3.8, 4) is 0 Å². The van der Waals surface area contributed by atoms with E-state index in [4.69, 9.17) is 5.73 Å². The predicted molar refractivity (Wildman–Crippen MR) is 86.4 cm³/mol. The van der Waals surface area contributed by atoms with E-state index in [0.717, 1.165) is 18.6 Å². The highest BCUT2D eigenvalue weighted by Gasteiger charge is 2.48. The van der Waals surface area contributed by atoms with E-state index in [2.05, 4.69) is 21.6 Å². The maximum absolute atomic E-state index is 6.38. The molecule has 0 spiro atoms. The van der Waals surface area contributed by atoms with Crippen molar-refractivity contribution in [3.63, 3.8) is 0 Å². The Morgan fingerprint density at radius 1 is 1.00 bits per heavy atom. The molecule has 0 amide bonds. The van der Waals surface area contributed by atoms with Gasteiger partial charge in [-0.2, -0.15) is 0 Å². The molecule has 0 aromatic rings. The van der Waals surface area contributed by atoms with Crippen molar-refractivity contribution in [3.05, 3.63) is 0 Å². The highest BCUT2D eigenvalue weighted by molar-refractivity contribution is 5.06. The lowest BCUT2D eigenvalue weighted by Crippen LogP contribution is -2.68. The molecule has 2 N–H and O–H groups in total. The van der Waals surface area contributed by atoms with Crippen molar-refractivity contribution in [2.75, 3.05) is 39.3 Å². The maximum atomic E-state index is 6.38. The number of rotatable bonds is 2. The summed E-state index contributed by atoms with van der Waals surface area (Å²) in [7, 11) is 0. The highest BCUT2D eigenvalue weighted by Crippen LogP contribution is 2.39. The van der Waals surface area contributed by atoms with Crippen LogP contribution in [0.25, 0.3) is 0 Å². The number of nitrogens with two attached hydrogens (primary N) is 1. The van der Waals surface area contributed by atoms with Crippen LogP contribution in [-0.4, -0.2) is 77.6 Å². The smallest absolute Gasteiger partial charge is 0.0362 e. The summed E-state index contributed by atoms with van der Waals surface area (Å²) in [6.45, 7) is 9.76. The van der Waals surface area contributed by atoms with E-state index < -0.39 is 0 Å². The Hall–Kier alpha value is -0.160. The SMILES string of the molecule is CC1CN2CCCC2CN1C1(CN)CCN2CCCC2C1. The van der Waals surface area contributed by atoms with Gasteiger partial charge in [-0.1, -0.05) is 0 Å². The first kappa shape index (κ1) is 14.4. The number of hydrogen-bond acceptors (Lipinski definition) is 4. The average Bonchev–Trinajstić information content (AvgIpc) is 3.13. The van der Waals surface area contributed by atoms with Crippen molar-refractivity contribution < 1.29 is 0 Å². The van der Waals surface area contributed by atoms with Gasteiger partial charge in [0.05, 0.1) is 0 Å². The van der Waals surface area contributed by atoms with E-state index in [9.17, 15) is 0 Å². The van der Waals surface area contributed by atoms with Gasteiger partial charge >= 0.3 is 0 Å². The van der Waals surface area contributed by atoms with Gasteiger partial charge in [-0.15, -0.1) is 0 Å². The van der Waals surface area contributed by atoms with Crippen LogP contribution >= 0.6 is 0 Å². The quantitative estimate of drug-likeness (QED) is 0.827. The first-order valence-corrected chi connectivity index (χ1v) is 9.17. The Kier molecular flexibility index (Phi) is 3.77. The molecule has 0 saturated carbocycles. The van der Waals surface area contributed by atoms with Crippen molar-refractivity contribution in [2.24, 2.45) is 5.73 Å². The molecule has 0 bridgehead atoms. The number of fused-ring (bicyclic) bond motifs is 2. The minimum absolute atomic E-state index is 0.291. The molecule has 4 rings (SSSR count). The topological polar surface area (TPSA) is 35.7 Å². The Balaban J connectivity index is 1.54. The summed E-state index contributed by atoms with van der Waals surface area (Å²) in [6.07, 6.45) is 8.21. The van der Waals surface area contributed by atoms with Crippen LogP contribution in [-0.2, 0) is 0 Å². The molecule has 0 radical (unpaired) electrons. The van der Waals surface area contributed by atoms with Gasteiger partial charge in [0.1, 0.15) is 0 Å². The number of piperidine rings is 1. The van der Waals surface area contributed by atoms with Crippen molar-refractivity contribution >= 4 is 0 Å². The largest absolute Gasteiger partial charge is 0.329 e. The normalized spacial score (nSPS) is 45.7. The fraction of sp³-hybridized carbons (Fsp3) is 1.00. The van der Waals surface area contributed by atoms with Crippen molar-refractivity contribution in [1.82, 2.24) is 14.7 Å². The van der Waals surface area contributed by atoms with Gasteiger partial charge in [0.25, 0.3) is 0 Å². The van der Waals surface area contributed by atoms with E-state index >= 15 is 0 Å². The third-order valence-corrected chi connectivity index (χ3v) is 6.91. The van der Waals surface area contributed by atoms with Crippen LogP contribution in [0.15, 0.2) is 0 Å². The van der Waals surface area contributed by atoms with Crippen LogP contribution in [0.3, 0.4) is 0 Å². The molecule has 21 heavy (non-hydrogen) atoms. The molecule has 4 saturated heterocycles. The summed E-state index contributed by atoms with van der Waals surface area (Å²) in [5.41, 5.74) is 6.67. The van der Waals surface area contributed by atoms with E-state index in [1.54, 1.807) is 0 Å². The molecule has 0 aromatic carbocycles. The summed E-state index contributed by atoms with van der Waals surface area (Å²) in [5.74, 6) is 0. The monoisotopic (exact) mass is 292 g/mol. The van der Waals surface area contributed by atoms with Gasteiger partial charge in [-0.3, -0.25) is 9.80 Å². The summed E-state index contributed by atoms with van der Waals surface area (Å²) in [4.78, 5) is 8.30. The Bertz CT molecular complexity index is 387. The molecule has 4 nitrogen and oxygen atoms in total. The number of nitrogens with zero attached hydrogens (tertiary/aromatic N) is 3. The zero-order chi connectivity index (χ0) is 14.4. The lowest BCUT2D eigenvalue weighted by molar-refractivity contribution is -0.0573. The van der Waals surface area contributed by atoms with Crippen LogP contribution in [0.1, 0.15) is 45.4 Å². The first-order chi connectivity index (χ1) is 10.2. The van der Waals surface area contributed by atoms with Crippen LogP contribution in [0.2, 0.25) is 0 Å². The first-order valence-electron chi connectivity index (χ1n) is 9.17. The maximum Gasteiger partial charge on any atom is 0.0362 e. The van der Waals surface area contributed by atoms with E-state index in [1.807, 2.05) is 0 Å². The molecule has 4 heterocycles. The van der Waals surface area contributed by atoms with Crippen LogP contribution in [0.5, 0.6) is 0 Å². The molecule has 120 valence electrons. The van der Waals surface area contributed by atoms with Crippen LogP contribution in [0.4, 0.5) is 0 Å². The molecule has 0 aliphatic carbocycles. The third-order valence-electron chi connectivity index (χ3n) is 6.91. The van der Waals surface area contributed by atoms with Gasteiger partial charge in [0.15, 0.2) is 0 Å². The minimum atomic E-state index is 0.291. The van der Waals surface area contributed by atoms with Gasteiger partial charge in [0.2, 0.25) is 0 Å². The molecule has 0 aromatic heterocycles. The predicted octanol–water partition coefficient (Wildman–Crippen LogP) is 1.11. The molecule has 4 heteroatoms. The fourth-order valence-electron chi connectivity index (χ4n) is 5.72. The van der Waals surface area contributed by atoms with Crippen LogP contribution in [0, 0.1) is 0 Å². The second-order valence-corrected chi connectivity index (χ2v) is 8.01. The van der Waals surface area contributed by atoms with E-state index in [0.29, 0.717) is 11.6 Å². The molecule has 4 atom stereocenters. The van der Waals surface area contributed by atoms with Crippen molar-refractivity contribution in [2.45, 2.75) is 69.1 Å². The summed E-state index contributed by atoms with van der Waals surface area (Å²) < 4.78 is 0. The summed E-state index contributed by atoms with van der Waals surface area (Å²) in [5, 5.41) is 0. The van der Waals surface area contributed by atoms with Crippen LogP contribution < -0.4 is 5.73 Å². The zero-order valence-electron chi connectivity index (χ0n) is 13.6. The standard InChI is InChI=1S/C17H32N4/c1-14-11-20-8-3-5-16(20)12-21(14)17(13-18)6-9-19-7-2-4-15(19)10-17/h14-16H,2-13,18H2,1H3. The van der Waals surface area contributed by atoms with Gasteiger partial charge in [-0.25, -0.2) is 0 Å². The van der Waals surface area contributed by atoms with Gasteiger partial charge in [0, 0.05) is 49.8 Å². The van der Waals surface area contributed by atoms with Gasteiger partial charge < -0.3 is 10.6 Å². The second kappa shape index (κ2) is 5.48. The van der Waals surface area contributed by atoms with E-state index in [-0.39, 0.29) is 0 Å². The fourth-order valence-corrected chi connectivity index (χ4v) is 5.72. The Morgan fingerprint density at radius 3 is 2.57 bits per heavy atom. The lowest BCUT2D eigenvalue weighted by atomic mass is 9.80. The minimum Gasteiger partial charge on any atom is -0.329 e. The molecule has 4 unspecified atom stereocenters. The molecule has 4 aliphatic rings. The van der Waals surface area contributed by atoms with E-state index in [1.165, 1.54) is 71.2 Å². The summed E-state index contributed by atoms with van der Waals surface area (Å²) >= 11 is 0. The average molecular weight is 292 g/mol. The molecule has 4 fully saturated rings. The Morgan fingerprint density at radius 2 is 1.76 bits per heavy atom. The Labute approximate surface area is 129 Å². The zero-order valence-corrected chi connectivity index (χ0v) is 13.6. The number of hydrogen-bond donors (Lipinski definition) is 1. The third kappa shape index (κ3) is 2.35. The molecule has 4 aliphatic heterocycles. The molecular formula is C17H32N4. The molecular weight excluding hydrogens is 260 g/mol. The summed E-state index contributed by atoms with van der Waals surface area (Å²) in [6, 6.07) is 2.30. The van der Waals surface area contributed by atoms with Crippen molar-refractivity contribution in [1.29, 1.82) is 0 Å². The lowest BCUT2D eigenvalue weighted by Gasteiger charge is -2.56. The number of piperazine rings is 1. The van der Waals surface area contributed by atoms with Gasteiger partial charge in [-0.05, 0) is 58.5 Å².